The third-order valence-corrected chi connectivity index (χ3v) is 11.0. The summed E-state index contributed by atoms with van der Waals surface area (Å²) in [5, 5.41) is 2.29. The second kappa shape index (κ2) is 9.96. The Kier molecular flexibility index (Phi) is 5.97. The van der Waals surface area contributed by atoms with Crippen LogP contribution in [-0.4, -0.2) is 0 Å². The quantitative estimate of drug-likeness (QED) is 0.197. The number of benzene rings is 6. The first-order valence-electron chi connectivity index (χ1n) is 16.9. The van der Waals surface area contributed by atoms with Gasteiger partial charge in [0.25, 0.3) is 0 Å². The van der Waals surface area contributed by atoms with Gasteiger partial charge in [0.05, 0.1) is 0 Å². The molecule has 1 heterocycles. The van der Waals surface area contributed by atoms with E-state index in [1.807, 2.05) is 6.07 Å². The highest BCUT2D eigenvalue weighted by Gasteiger charge is 2.56. The van der Waals surface area contributed by atoms with Crippen molar-refractivity contribution >= 4 is 39.0 Å². The lowest BCUT2D eigenvalue weighted by Crippen LogP contribution is -2.26. The number of anilines is 3. The number of furan rings is 1. The van der Waals surface area contributed by atoms with Crippen molar-refractivity contribution in [2.24, 2.45) is 0 Å². The molecule has 2 nitrogen and oxygen atoms in total. The van der Waals surface area contributed by atoms with Crippen LogP contribution < -0.4 is 4.90 Å². The summed E-state index contributed by atoms with van der Waals surface area (Å²) in [4.78, 5) is 2.40. The maximum Gasteiger partial charge on any atom is 0.137 e. The van der Waals surface area contributed by atoms with Gasteiger partial charge < -0.3 is 9.32 Å². The first-order chi connectivity index (χ1) is 22.7. The van der Waals surface area contributed by atoms with Crippen LogP contribution in [0.1, 0.15) is 62.8 Å². The Morgan fingerprint density at radius 3 is 1.79 bits per heavy atom. The summed E-state index contributed by atoms with van der Waals surface area (Å²) in [6, 6.07) is 51.0. The van der Waals surface area contributed by atoms with Crippen LogP contribution in [0.15, 0.2) is 144 Å². The summed E-state index contributed by atoms with van der Waals surface area (Å²) >= 11 is 0. The molecule has 0 radical (unpaired) electrons. The van der Waals surface area contributed by atoms with Gasteiger partial charge in [0, 0.05) is 39.3 Å². The number of fused-ring (bicyclic) bond motifs is 7. The molecule has 1 unspecified atom stereocenters. The molecule has 0 N–H and O–H groups in total. The molecule has 9 rings (SSSR count). The minimum Gasteiger partial charge on any atom is -0.456 e. The average Bonchev–Trinajstić information content (AvgIpc) is 3.65. The normalized spacial score (nSPS) is 18.9. The molecule has 2 aliphatic carbocycles. The second-order valence-electron chi connectivity index (χ2n) is 15.0. The van der Waals surface area contributed by atoms with Crippen LogP contribution in [0.2, 0.25) is 0 Å². The molecule has 0 fully saturated rings. The molecule has 1 atom stereocenters. The average molecular weight is 610 g/mol. The van der Waals surface area contributed by atoms with Gasteiger partial charge in [-0.15, -0.1) is 0 Å². The summed E-state index contributed by atoms with van der Waals surface area (Å²) in [5.74, 6) is 0. The number of hydrogen-bond donors (Lipinski definition) is 0. The van der Waals surface area contributed by atoms with Crippen molar-refractivity contribution in [3.8, 4) is 11.1 Å². The van der Waals surface area contributed by atoms with Gasteiger partial charge in [-0.3, -0.25) is 0 Å². The summed E-state index contributed by atoms with van der Waals surface area (Å²) in [6.07, 6.45) is 2.26. The van der Waals surface area contributed by atoms with Crippen LogP contribution in [0.5, 0.6) is 0 Å². The molecule has 230 valence electrons. The summed E-state index contributed by atoms with van der Waals surface area (Å²) in [7, 11) is 0. The lowest BCUT2D eigenvalue weighted by Gasteiger charge is -2.30. The molecule has 7 aromatic rings. The van der Waals surface area contributed by atoms with Crippen molar-refractivity contribution in [1.82, 2.24) is 0 Å². The van der Waals surface area contributed by atoms with E-state index in [1.54, 1.807) is 0 Å². The Morgan fingerprint density at radius 1 is 0.447 bits per heavy atom. The molecule has 0 aliphatic heterocycles. The second-order valence-corrected chi connectivity index (χ2v) is 15.0. The zero-order valence-corrected chi connectivity index (χ0v) is 27.5. The highest BCUT2D eigenvalue weighted by atomic mass is 16.3. The fraction of sp³-hybridized carbons (Fsp3) is 0.200. The molecular formula is C45H39NO. The fourth-order valence-electron chi connectivity index (χ4n) is 9.16. The van der Waals surface area contributed by atoms with Crippen LogP contribution in [0.4, 0.5) is 17.1 Å². The Labute approximate surface area is 277 Å². The smallest absolute Gasteiger partial charge is 0.137 e. The van der Waals surface area contributed by atoms with E-state index < -0.39 is 0 Å². The fourth-order valence-corrected chi connectivity index (χ4v) is 9.16. The van der Waals surface area contributed by atoms with E-state index in [-0.39, 0.29) is 16.2 Å². The monoisotopic (exact) mass is 609 g/mol. The third kappa shape index (κ3) is 4.24. The van der Waals surface area contributed by atoms with Gasteiger partial charge in [-0.25, -0.2) is 0 Å². The topological polar surface area (TPSA) is 16.4 Å². The van der Waals surface area contributed by atoms with Crippen molar-refractivity contribution in [2.45, 2.75) is 56.8 Å². The standard InChI is InChI=1S/C45H39NO/c1-43(2)28-45(38-16-10-9-15-37(38)43)29-44(3,4)40-26-33(23-25-39(40)45)46(32-20-18-31(19-21-32)30-12-6-5-7-13-30)34-22-24-36-35-14-8-11-17-41(35)47-42(36)27-34/h5-27H,28-29H2,1-4H3. The SMILES string of the molecule is CC1(C)CC2(CC(C)(C)c3cc(N(c4ccc(-c5ccccc5)cc4)c4ccc5c(c4)oc4ccccc45)ccc32)c2ccccc21. The largest absolute Gasteiger partial charge is 0.456 e. The first-order valence-corrected chi connectivity index (χ1v) is 16.9. The van der Waals surface area contributed by atoms with Crippen LogP contribution >= 0.6 is 0 Å². The zero-order valence-electron chi connectivity index (χ0n) is 27.5. The molecular weight excluding hydrogens is 571 g/mol. The van der Waals surface area contributed by atoms with Gasteiger partial charge in [-0.05, 0) is 99.5 Å². The van der Waals surface area contributed by atoms with Gasteiger partial charge >= 0.3 is 0 Å². The Balaban J connectivity index is 1.21. The van der Waals surface area contributed by atoms with E-state index in [0.717, 1.165) is 46.2 Å². The van der Waals surface area contributed by atoms with Crippen molar-refractivity contribution in [3.05, 3.63) is 162 Å². The summed E-state index contributed by atoms with van der Waals surface area (Å²) < 4.78 is 6.39. The highest BCUT2D eigenvalue weighted by molar-refractivity contribution is 6.06. The number of rotatable bonds is 4. The Morgan fingerprint density at radius 2 is 1.00 bits per heavy atom. The maximum atomic E-state index is 6.39. The predicted octanol–water partition coefficient (Wildman–Crippen LogP) is 12.4. The van der Waals surface area contributed by atoms with E-state index in [9.17, 15) is 0 Å². The molecule has 0 saturated heterocycles. The maximum absolute atomic E-state index is 6.39. The molecule has 0 saturated carbocycles. The van der Waals surface area contributed by atoms with Gasteiger partial charge in [0.1, 0.15) is 11.2 Å². The molecule has 2 heteroatoms. The van der Waals surface area contributed by atoms with Crippen LogP contribution in [0, 0.1) is 0 Å². The predicted molar refractivity (Wildman–Crippen MR) is 196 cm³/mol. The van der Waals surface area contributed by atoms with Gasteiger partial charge in [0.15, 0.2) is 0 Å². The Hall–Kier alpha value is -5.08. The van der Waals surface area contributed by atoms with E-state index in [4.69, 9.17) is 4.42 Å². The van der Waals surface area contributed by atoms with E-state index in [2.05, 4.69) is 166 Å². The molecule has 6 aromatic carbocycles. The van der Waals surface area contributed by atoms with E-state index in [0.29, 0.717) is 0 Å². The molecule has 0 bridgehead atoms. The van der Waals surface area contributed by atoms with Crippen molar-refractivity contribution in [1.29, 1.82) is 0 Å². The van der Waals surface area contributed by atoms with Crippen LogP contribution in [0.25, 0.3) is 33.1 Å². The number of para-hydroxylation sites is 1. The lowest BCUT2D eigenvalue weighted by molar-refractivity contribution is 0.349. The number of hydrogen-bond acceptors (Lipinski definition) is 2. The zero-order chi connectivity index (χ0) is 32.0. The third-order valence-electron chi connectivity index (χ3n) is 11.0. The van der Waals surface area contributed by atoms with Gasteiger partial charge in [-0.1, -0.05) is 119 Å². The minimum absolute atomic E-state index is 0.0321. The van der Waals surface area contributed by atoms with Crippen LogP contribution in [0.3, 0.4) is 0 Å². The van der Waals surface area contributed by atoms with Gasteiger partial charge in [0.2, 0.25) is 0 Å². The molecule has 1 spiro atoms. The Bertz CT molecular complexity index is 2310. The summed E-state index contributed by atoms with van der Waals surface area (Å²) in [5.41, 5.74) is 13.8. The first kappa shape index (κ1) is 28.2. The van der Waals surface area contributed by atoms with Gasteiger partial charge in [-0.2, -0.15) is 0 Å². The van der Waals surface area contributed by atoms with Crippen molar-refractivity contribution < 1.29 is 4.42 Å². The number of nitrogens with zero attached hydrogens (tertiary/aromatic N) is 1. The molecule has 47 heavy (non-hydrogen) atoms. The molecule has 2 aliphatic rings. The molecule has 1 aromatic heterocycles. The van der Waals surface area contributed by atoms with E-state index >= 15 is 0 Å². The van der Waals surface area contributed by atoms with Crippen LogP contribution in [-0.2, 0) is 16.2 Å². The highest BCUT2D eigenvalue weighted by Crippen LogP contribution is 2.63. The molecule has 0 amide bonds. The van der Waals surface area contributed by atoms with Crippen molar-refractivity contribution in [2.75, 3.05) is 4.90 Å². The van der Waals surface area contributed by atoms with E-state index in [1.165, 1.54) is 39.1 Å². The van der Waals surface area contributed by atoms with Crippen molar-refractivity contribution in [3.63, 3.8) is 0 Å². The summed E-state index contributed by atoms with van der Waals surface area (Å²) in [6.45, 7) is 9.74. The lowest BCUT2D eigenvalue weighted by atomic mass is 9.72. The minimum atomic E-state index is 0.0321.